The number of aromatic nitrogens is 4. The van der Waals surface area contributed by atoms with Crippen LogP contribution < -0.4 is 5.73 Å². The lowest BCUT2D eigenvalue weighted by molar-refractivity contribution is -0.0899. The second-order valence-electron chi connectivity index (χ2n) is 7.35. The molecular weight excluding hydrogens is 560 g/mol. The molecule has 2 aromatic heterocycles. The molecule has 1 aliphatic heterocycles. The fourth-order valence-corrected chi connectivity index (χ4v) is 6.34. The minimum absolute atomic E-state index is 0.00332. The second kappa shape index (κ2) is 10.00. The van der Waals surface area contributed by atoms with Gasteiger partial charge in [-0.05, 0) is 5.53 Å². The van der Waals surface area contributed by atoms with Crippen molar-refractivity contribution in [2.75, 3.05) is 25.5 Å². The van der Waals surface area contributed by atoms with Crippen LogP contribution in [-0.4, -0.2) is 81.3 Å². The minimum atomic E-state index is -5.84. The summed E-state index contributed by atoms with van der Waals surface area (Å²) in [5.41, 5.74) is 9.61. The number of nitrogen functional groups attached to an aromatic ring is 1. The molecule has 20 nitrogen and oxygen atoms in total. The largest absolute Gasteiger partial charge is 0.490 e. The number of anilines is 1. The lowest BCUT2D eigenvalue weighted by Gasteiger charge is -2.33. The van der Waals surface area contributed by atoms with Gasteiger partial charge in [-0.25, -0.2) is 33.0 Å². The zero-order valence-corrected chi connectivity index (χ0v) is 20.3. The number of hydrogen-bond acceptors (Lipinski definition) is 13. The highest BCUT2D eigenvalue weighted by Gasteiger charge is 2.60. The summed E-state index contributed by atoms with van der Waals surface area (Å²) in [5, 5.41) is 14.0. The Hall–Kier alpha value is -2.08. The Kier molecular flexibility index (Phi) is 7.91. The van der Waals surface area contributed by atoms with Gasteiger partial charge in [0, 0.05) is 4.91 Å². The first-order valence-corrected chi connectivity index (χ1v) is 13.8. The van der Waals surface area contributed by atoms with Crippen molar-refractivity contribution in [2.45, 2.75) is 23.9 Å². The lowest BCUT2D eigenvalue weighted by Crippen LogP contribution is -2.53. The quantitative estimate of drug-likeness (QED) is 0.0877. The van der Waals surface area contributed by atoms with E-state index in [2.05, 4.69) is 38.1 Å². The third kappa shape index (κ3) is 6.42. The zero-order valence-electron chi connectivity index (χ0n) is 17.6. The number of halogens is 1. The first kappa shape index (κ1) is 28.5. The van der Waals surface area contributed by atoms with E-state index in [1.54, 1.807) is 0 Å². The number of aliphatic hydroxyl groups is 1. The van der Waals surface area contributed by atoms with E-state index in [4.69, 9.17) is 25.8 Å². The normalized spacial score (nSPS) is 27.9. The summed E-state index contributed by atoms with van der Waals surface area (Å²) in [7, 11) is -17.1. The van der Waals surface area contributed by atoms with E-state index in [-0.39, 0.29) is 17.0 Å². The molecular formula is C12H18FN8O12P3. The summed E-state index contributed by atoms with van der Waals surface area (Å²) in [4.78, 5) is 50.2. The van der Waals surface area contributed by atoms with Crippen molar-refractivity contribution in [1.82, 2.24) is 19.5 Å². The number of hydrogen-bond donors (Lipinski definition) is 6. The molecule has 1 saturated heterocycles. The van der Waals surface area contributed by atoms with E-state index in [9.17, 15) is 28.6 Å². The van der Waals surface area contributed by atoms with Gasteiger partial charge in [0.1, 0.15) is 23.5 Å². The van der Waals surface area contributed by atoms with E-state index in [1.165, 1.54) is 4.57 Å². The minimum Gasteiger partial charge on any atom is -0.386 e. The number of phosphoric ester groups is 1. The van der Waals surface area contributed by atoms with Gasteiger partial charge in [0.2, 0.25) is 0 Å². The molecule has 1 aliphatic rings. The summed E-state index contributed by atoms with van der Waals surface area (Å²) in [6.07, 6.45) is 0.0413. The first-order chi connectivity index (χ1) is 16.5. The van der Waals surface area contributed by atoms with E-state index >= 15 is 4.39 Å². The van der Waals surface area contributed by atoms with Crippen molar-refractivity contribution in [2.24, 2.45) is 5.11 Å². The van der Waals surface area contributed by atoms with Crippen LogP contribution in [0.2, 0.25) is 0 Å². The van der Waals surface area contributed by atoms with Crippen LogP contribution in [0.15, 0.2) is 17.8 Å². The number of phosphoric acid groups is 3. The average molecular weight is 578 g/mol. The summed E-state index contributed by atoms with van der Waals surface area (Å²) in [5.74, 6) is 0.00332. The highest BCUT2D eigenvalue weighted by molar-refractivity contribution is 7.66. The monoisotopic (exact) mass is 578 g/mol. The Morgan fingerprint density at radius 1 is 1.25 bits per heavy atom. The fourth-order valence-electron chi connectivity index (χ4n) is 3.27. The number of nitrogens with two attached hydrogens (primary N) is 1. The van der Waals surface area contributed by atoms with Crippen LogP contribution in [0, 0.1) is 0 Å². The number of nitrogens with zero attached hydrogens (tertiary/aromatic N) is 7. The van der Waals surface area contributed by atoms with Gasteiger partial charge in [-0.1, -0.05) is 5.11 Å². The molecule has 7 N–H and O–H groups in total. The number of aliphatic hydroxyl groups excluding tert-OH is 1. The first-order valence-electron chi connectivity index (χ1n) is 9.23. The van der Waals surface area contributed by atoms with Crippen molar-refractivity contribution >= 4 is 40.4 Å². The van der Waals surface area contributed by atoms with Crippen molar-refractivity contribution in [3.63, 3.8) is 0 Å². The smallest absolute Gasteiger partial charge is 0.386 e. The molecule has 0 radical (unpaired) electrons. The Balaban J connectivity index is 1.81. The molecule has 0 aliphatic carbocycles. The summed E-state index contributed by atoms with van der Waals surface area (Å²) < 4.78 is 68.2. The highest BCUT2D eigenvalue weighted by Crippen LogP contribution is 2.66. The Bertz CT molecular complexity index is 1330. The van der Waals surface area contributed by atoms with E-state index in [0.717, 1.165) is 12.7 Å². The molecule has 2 aromatic rings. The summed E-state index contributed by atoms with van der Waals surface area (Å²) >= 11 is 0. The molecule has 2 unspecified atom stereocenters. The molecule has 24 heteroatoms. The predicted octanol–water partition coefficient (Wildman–Crippen LogP) is -0.0997. The number of azide groups is 1. The molecule has 0 amide bonds. The zero-order chi connectivity index (χ0) is 27.0. The van der Waals surface area contributed by atoms with Crippen molar-refractivity contribution in [3.05, 3.63) is 23.1 Å². The van der Waals surface area contributed by atoms with Crippen LogP contribution in [-0.2, 0) is 38.1 Å². The van der Waals surface area contributed by atoms with Crippen LogP contribution >= 0.6 is 23.5 Å². The van der Waals surface area contributed by atoms with Crippen molar-refractivity contribution in [1.29, 1.82) is 0 Å². The van der Waals surface area contributed by atoms with Crippen LogP contribution in [0.25, 0.3) is 21.6 Å². The van der Waals surface area contributed by atoms with Crippen molar-refractivity contribution in [3.8, 4) is 0 Å². The molecule has 3 heterocycles. The maximum absolute atomic E-state index is 15.9. The van der Waals surface area contributed by atoms with Gasteiger partial charge in [-0.3, -0.25) is 4.52 Å². The second-order valence-corrected chi connectivity index (χ2v) is 11.8. The molecule has 0 aromatic carbocycles. The SMILES string of the molecule is [N-]=[N+]=NC[C@]1(COP(=O)(O)OP(=O)(O)OP(=O)(O)O)OC[C@](F)(Cn2cnc3c(N)ncnc32)[C@@H]1O. The van der Waals surface area contributed by atoms with Gasteiger partial charge >= 0.3 is 23.5 Å². The highest BCUT2D eigenvalue weighted by atomic mass is 31.3. The molecule has 1 fully saturated rings. The van der Waals surface area contributed by atoms with Gasteiger partial charge in [0.15, 0.2) is 17.1 Å². The van der Waals surface area contributed by atoms with Crippen LogP contribution in [0.5, 0.6) is 0 Å². The number of rotatable bonds is 11. The number of alkyl halides is 1. The van der Waals surface area contributed by atoms with Crippen LogP contribution in [0.4, 0.5) is 10.2 Å². The third-order valence-corrected chi connectivity index (χ3v) is 8.52. The molecule has 36 heavy (non-hydrogen) atoms. The maximum Gasteiger partial charge on any atom is 0.490 e. The molecule has 5 atom stereocenters. The molecule has 0 bridgehead atoms. The molecule has 0 spiro atoms. The molecule has 0 saturated carbocycles. The number of ether oxygens (including phenoxy) is 1. The van der Waals surface area contributed by atoms with E-state index in [0.29, 0.717) is 0 Å². The van der Waals surface area contributed by atoms with E-state index < -0.39 is 67.1 Å². The topological polar surface area (TPSA) is 308 Å². The Labute approximate surface area is 198 Å². The van der Waals surface area contributed by atoms with E-state index in [1.807, 2.05) is 0 Å². The Morgan fingerprint density at radius 3 is 2.58 bits per heavy atom. The summed E-state index contributed by atoms with van der Waals surface area (Å²) in [6, 6.07) is 0. The fraction of sp³-hybridized carbons (Fsp3) is 0.583. The van der Waals surface area contributed by atoms with Crippen LogP contribution in [0.1, 0.15) is 0 Å². The van der Waals surface area contributed by atoms with Gasteiger partial charge in [-0.2, -0.15) is 8.62 Å². The Morgan fingerprint density at radius 2 is 1.94 bits per heavy atom. The standard InChI is InChI=1S/C12H18FN8O12P3/c13-11(2-21-6-18-7-8(14)16-5-17-9(7)21)3-30-12(10(11)22,1-19-20-15)4-31-35(26,27)33-36(28,29)32-34(23,24)25/h5-6,10,22H,1-4H2,(H,26,27)(H,28,29)(H2,14,16,17)(H2,23,24,25)/t10-,11+,12+/m0/s1. The molecule has 200 valence electrons. The van der Waals surface area contributed by atoms with Gasteiger partial charge in [0.25, 0.3) is 0 Å². The molecule has 3 rings (SSSR count). The average Bonchev–Trinajstić information content (AvgIpc) is 3.24. The van der Waals surface area contributed by atoms with Gasteiger partial charge in [-0.15, -0.1) is 0 Å². The van der Waals surface area contributed by atoms with Crippen LogP contribution in [0.3, 0.4) is 0 Å². The number of fused-ring (bicyclic) bond motifs is 1. The van der Waals surface area contributed by atoms with Gasteiger partial charge in [0.05, 0.1) is 32.6 Å². The summed E-state index contributed by atoms with van der Waals surface area (Å²) in [6.45, 7) is -3.63. The van der Waals surface area contributed by atoms with Gasteiger partial charge < -0.3 is 39.7 Å². The number of imidazole rings is 1. The predicted molar refractivity (Wildman–Crippen MR) is 112 cm³/mol. The third-order valence-electron chi connectivity index (χ3n) is 4.74. The van der Waals surface area contributed by atoms with Crippen molar-refractivity contribution < 1.29 is 60.6 Å². The lowest BCUT2D eigenvalue weighted by atomic mass is 9.88. The maximum atomic E-state index is 15.9.